The van der Waals surface area contributed by atoms with E-state index in [0.29, 0.717) is 59.5 Å². The number of aromatic nitrogens is 4. The van der Waals surface area contributed by atoms with E-state index in [1.165, 1.54) is 24.2 Å². The van der Waals surface area contributed by atoms with Crippen LogP contribution >= 0.6 is 11.3 Å². The molecule has 5 atom stereocenters. The molecular formula is C44H51N7O5S. The molecule has 5 aromatic rings. The van der Waals surface area contributed by atoms with Gasteiger partial charge in [0.2, 0.25) is 0 Å². The Kier molecular flexibility index (Phi) is 9.40. The number of aromatic carboxylic acids is 1. The van der Waals surface area contributed by atoms with E-state index in [0.717, 1.165) is 70.7 Å². The standard InChI is InChI=1S/C44H51N7O5S/c1-26-31(21-46-51(26)25-44-19-27(56-17-15-45-4)18-42(2,24-44)23-43(3)20-36(43)44)29-11-13-37(48-38(29)40(53)54)50-16-14-28-32(22-50)30(10-12-34(28)55-5)39(52)49-41-47-33-8-6-7-9-35(33)57-41/h6-13,21,27,36,45H,14-20,22-25H2,1-5H3,(H,53,54)(H,47,49,52). The van der Waals surface area contributed by atoms with Gasteiger partial charge in [0.1, 0.15) is 11.6 Å². The van der Waals surface area contributed by atoms with Crippen LogP contribution in [0.3, 0.4) is 0 Å². The van der Waals surface area contributed by atoms with E-state index in [1.54, 1.807) is 13.2 Å². The molecule has 5 unspecified atom stereocenters. The average Bonchev–Trinajstić information content (AvgIpc) is 3.50. The molecule has 4 aliphatic rings. The van der Waals surface area contributed by atoms with E-state index in [4.69, 9.17) is 19.6 Å². The normalized spacial score (nSPS) is 26.2. The largest absolute Gasteiger partial charge is 0.496 e. The number of benzene rings is 2. The van der Waals surface area contributed by atoms with Gasteiger partial charge in [0.15, 0.2) is 10.8 Å². The first-order chi connectivity index (χ1) is 27.4. The summed E-state index contributed by atoms with van der Waals surface area (Å²) in [7, 11) is 3.59. The second kappa shape index (κ2) is 14.2. The number of nitrogens with zero attached hydrogens (tertiary/aromatic N) is 5. The Balaban J connectivity index is 0.982. The number of methoxy groups -OCH3 is 1. The van der Waals surface area contributed by atoms with Crippen LogP contribution in [-0.4, -0.2) is 76.7 Å². The number of anilines is 2. The number of hydrogen-bond acceptors (Lipinski definition) is 10. The number of carboxylic acid groups (broad SMARTS) is 1. The molecule has 2 aromatic carbocycles. The predicted octanol–water partition coefficient (Wildman–Crippen LogP) is 7.60. The van der Waals surface area contributed by atoms with Crippen LogP contribution < -0.4 is 20.3 Å². The van der Waals surface area contributed by atoms with Crippen LogP contribution in [0, 0.1) is 29.1 Å². The van der Waals surface area contributed by atoms with Gasteiger partial charge < -0.3 is 24.8 Å². The summed E-state index contributed by atoms with van der Waals surface area (Å²) in [5.41, 5.74) is 6.05. The predicted molar refractivity (Wildman–Crippen MR) is 221 cm³/mol. The van der Waals surface area contributed by atoms with Crippen molar-refractivity contribution in [3.8, 4) is 16.9 Å². The maximum Gasteiger partial charge on any atom is 0.355 e. The summed E-state index contributed by atoms with van der Waals surface area (Å²) in [6, 6.07) is 15.2. The van der Waals surface area contributed by atoms with Crippen molar-refractivity contribution in [1.82, 2.24) is 25.1 Å². The summed E-state index contributed by atoms with van der Waals surface area (Å²) in [4.78, 5) is 38.1. The highest BCUT2D eigenvalue weighted by Gasteiger charge is 2.69. The number of pyridine rings is 1. The Labute approximate surface area is 337 Å². The van der Waals surface area contributed by atoms with E-state index < -0.39 is 5.97 Å². The van der Waals surface area contributed by atoms with Gasteiger partial charge in [-0.15, -0.1) is 0 Å². The van der Waals surface area contributed by atoms with Crippen molar-refractivity contribution in [2.75, 3.05) is 44.1 Å². The maximum atomic E-state index is 13.8. The van der Waals surface area contributed by atoms with E-state index in [9.17, 15) is 14.7 Å². The molecule has 57 heavy (non-hydrogen) atoms. The Bertz CT molecular complexity index is 2360. The van der Waals surface area contributed by atoms with Gasteiger partial charge in [-0.1, -0.05) is 37.3 Å². The van der Waals surface area contributed by atoms with E-state index in [-0.39, 0.29) is 28.5 Å². The number of carboxylic acids is 1. The van der Waals surface area contributed by atoms with Crippen LogP contribution in [0.1, 0.15) is 83.6 Å². The van der Waals surface area contributed by atoms with Crippen molar-refractivity contribution >= 4 is 44.4 Å². The van der Waals surface area contributed by atoms with Crippen molar-refractivity contribution in [3.05, 3.63) is 82.8 Å². The third kappa shape index (κ3) is 6.76. The summed E-state index contributed by atoms with van der Waals surface area (Å²) in [5.74, 6) is 0.526. The van der Waals surface area contributed by atoms with Gasteiger partial charge in [0.05, 0.1) is 36.2 Å². The summed E-state index contributed by atoms with van der Waals surface area (Å²) in [6.45, 7) is 10.3. The lowest BCUT2D eigenvalue weighted by atomic mass is 9.52. The molecule has 1 aliphatic heterocycles. The molecule has 0 radical (unpaired) electrons. The van der Waals surface area contributed by atoms with Crippen LogP contribution in [0.4, 0.5) is 10.9 Å². The molecule has 9 rings (SSSR count). The van der Waals surface area contributed by atoms with Crippen molar-refractivity contribution in [1.29, 1.82) is 0 Å². The van der Waals surface area contributed by atoms with Gasteiger partial charge in [-0.05, 0) is 117 Å². The fraction of sp³-hybridized carbons (Fsp3) is 0.477. The van der Waals surface area contributed by atoms with E-state index in [1.807, 2.05) is 67.5 Å². The Hall–Kier alpha value is -4.85. The van der Waals surface area contributed by atoms with Crippen molar-refractivity contribution in [2.24, 2.45) is 22.2 Å². The van der Waals surface area contributed by atoms with E-state index >= 15 is 0 Å². The van der Waals surface area contributed by atoms with Gasteiger partial charge in [0.25, 0.3) is 5.91 Å². The lowest BCUT2D eigenvalue weighted by Gasteiger charge is -2.55. The number of amides is 1. The molecule has 0 spiro atoms. The van der Waals surface area contributed by atoms with Crippen LogP contribution in [0.2, 0.25) is 0 Å². The first-order valence-electron chi connectivity index (χ1n) is 20.1. The average molecular weight is 790 g/mol. The highest BCUT2D eigenvalue weighted by Crippen LogP contribution is 2.76. The summed E-state index contributed by atoms with van der Waals surface area (Å²) < 4.78 is 15.3. The summed E-state index contributed by atoms with van der Waals surface area (Å²) >= 11 is 1.43. The number of ether oxygens (including phenoxy) is 2. The smallest absolute Gasteiger partial charge is 0.355 e. The maximum absolute atomic E-state index is 13.8. The minimum Gasteiger partial charge on any atom is -0.496 e. The van der Waals surface area contributed by atoms with Gasteiger partial charge in [-0.2, -0.15) is 5.10 Å². The fourth-order valence-electron chi connectivity index (χ4n) is 11.2. The molecular weight excluding hydrogens is 739 g/mol. The SMILES string of the molecule is CNCCOC1CC2(C)CC3(C)CC3C(Cn3ncc(-c4ccc(N5CCc6c(OC)ccc(C(=O)Nc7nc8ccccc8s7)c6C5)nc4C(=O)O)c3C)(C1)C2. The highest BCUT2D eigenvalue weighted by atomic mass is 32.1. The molecule has 3 aromatic heterocycles. The van der Waals surface area contributed by atoms with Gasteiger partial charge >= 0.3 is 5.97 Å². The second-order valence-electron chi connectivity index (χ2n) is 17.5. The number of likely N-dealkylation sites (N-methyl/N-ethyl adjacent to an activating group) is 1. The van der Waals surface area contributed by atoms with Crippen LogP contribution in [-0.2, 0) is 24.2 Å². The highest BCUT2D eigenvalue weighted by molar-refractivity contribution is 7.22. The molecule has 3 N–H and O–H groups in total. The first kappa shape index (κ1) is 37.7. The monoisotopic (exact) mass is 789 g/mol. The van der Waals surface area contributed by atoms with Crippen molar-refractivity contribution in [3.63, 3.8) is 0 Å². The molecule has 13 heteroatoms. The Morgan fingerprint density at radius 2 is 1.86 bits per heavy atom. The molecule has 12 nitrogen and oxygen atoms in total. The third-order valence-electron chi connectivity index (χ3n) is 13.4. The molecule has 3 saturated carbocycles. The zero-order valence-corrected chi connectivity index (χ0v) is 34.2. The number of hydrogen-bond donors (Lipinski definition) is 3. The lowest BCUT2D eigenvalue weighted by molar-refractivity contribution is -0.113. The molecule has 0 saturated heterocycles. The number of carbonyl (C=O) groups is 2. The quantitative estimate of drug-likeness (QED) is 0.108. The number of para-hydroxylation sites is 1. The number of thiazole rings is 1. The fourth-order valence-corrected chi connectivity index (χ4v) is 12.0. The van der Waals surface area contributed by atoms with Gasteiger partial charge in [0, 0.05) is 54.1 Å². The number of carbonyl (C=O) groups excluding carboxylic acids is 1. The lowest BCUT2D eigenvalue weighted by Crippen LogP contribution is -2.50. The number of nitrogens with one attached hydrogen (secondary N) is 2. The second-order valence-corrected chi connectivity index (χ2v) is 18.5. The third-order valence-corrected chi connectivity index (χ3v) is 14.3. The molecule has 4 heterocycles. The van der Waals surface area contributed by atoms with Gasteiger partial charge in [-0.25, -0.2) is 14.8 Å². The minimum atomic E-state index is -1.10. The minimum absolute atomic E-state index is 0.0192. The van der Waals surface area contributed by atoms with Crippen molar-refractivity contribution < 1.29 is 24.2 Å². The number of rotatable bonds is 12. The Morgan fingerprint density at radius 1 is 1.02 bits per heavy atom. The number of fused-ring (bicyclic) bond motifs is 6. The molecule has 1 amide bonds. The Morgan fingerprint density at radius 3 is 2.65 bits per heavy atom. The zero-order chi connectivity index (χ0) is 39.7. The van der Waals surface area contributed by atoms with Crippen LogP contribution in [0.25, 0.3) is 21.3 Å². The van der Waals surface area contributed by atoms with Crippen LogP contribution in [0.15, 0.2) is 54.7 Å². The summed E-state index contributed by atoms with van der Waals surface area (Å²) in [6.07, 6.45) is 8.40. The first-order valence-corrected chi connectivity index (χ1v) is 20.9. The van der Waals surface area contributed by atoms with E-state index in [2.05, 4.69) is 34.1 Å². The van der Waals surface area contributed by atoms with Gasteiger partial charge in [-0.3, -0.25) is 14.8 Å². The van der Waals surface area contributed by atoms with Crippen molar-refractivity contribution in [2.45, 2.75) is 78.5 Å². The summed E-state index contributed by atoms with van der Waals surface area (Å²) in [5, 5.41) is 22.3. The topological polar surface area (TPSA) is 144 Å². The molecule has 3 fully saturated rings. The molecule has 298 valence electrons. The molecule has 3 aliphatic carbocycles. The zero-order valence-electron chi connectivity index (χ0n) is 33.4. The van der Waals surface area contributed by atoms with Crippen LogP contribution in [0.5, 0.6) is 5.75 Å². The molecule has 2 bridgehead atoms.